The third-order valence-corrected chi connectivity index (χ3v) is 5.44. The van der Waals surface area contributed by atoms with Crippen LogP contribution in [-0.4, -0.2) is 26.6 Å². The van der Waals surface area contributed by atoms with Crippen molar-refractivity contribution in [3.8, 4) is 0 Å². The Hall–Kier alpha value is -1.56. The fourth-order valence-corrected chi connectivity index (χ4v) is 4.37. The summed E-state index contributed by atoms with van der Waals surface area (Å²) >= 11 is 0. The van der Waals surface area contributed by atoms with Crippen molar-refractivity contribution in [2.24, 2.45) is 11.8 Å². The summed E-state index contributed by atoms with van der Waals surface area (Å²) < 4.78 is 25.2. The Morgan fingerprint density at radius 3 is 2.59 bits per heavy atom. The molecule has 2 saturated carbocycles. The van der Waals surface area contributed by atoms with Crippen LogP contribution in [0.4, 0.5) is 5.69 Å². The summed E-state index contributed by atoms with van der Waals surface area (Å²) in [6.45, 7) is 1.81. The number of aryl methyl sites for hydroxylation is 1. The van der Waals surface area contributed by atoms with Crippen molar-refractivity contribution >= 4 is 21.6 Å². The fraction of sp³-hybridized carbons (Fsp3) is 0.562. The summed E-state index contributed by atoms with van der Waals surface area (Å²) in [5.74, 6) is 1.28. The number of carbonyl (C=O) groups excluding carboxylic acids is 1. The zero-order chi connectivity index (χ0) is 15.9. The molecular formula is C16H22N2O3S. The molecule has 0 saturated heterocycles. The third-order valence-electron chi connectivity index (χ3n) is 4.85. The van der Waals surface area contributed by atoms with Crippen LogP contribution in [0.3, 0.4) is 0 Å². The molecule has 0 heterocycles. The SMILES string of the molecule is Cc1ccc(C(=O)N[C@H]2C[C@H]3CC[C@H]2C3)cc1NS(C)(=O)=O. The minimum Gasteiger partial charge on any atom is -0.349 e. The molecule has 2 aliphatic rings. The lowest BCUT2D eigenvalue weighted by Crippen LogP contribution is -2.38. The summed E-state index contributed by atoms with van der Waals surface area (Å²) in [7, 11) is -3.35. The van der Waals surface area contributed by atoms with E-state index in [1.807, 2.05) is 6.92 Å². The van der Waals surface area contributed by atoms with Gasteiger partial charge < -0.3 is 5.32 Å². The number of amides is 1. The van der Waals surface area contributed by atoms with Crippen molar-refractivity contribution in [2.75, 3.05) is 11.0 Å². The topological polar surface area (TPSA) is 75.3 Å². The first-order valence-corrected chi connectivity index (χ1v) is 9.60. The van der Waals surface area contributed by atoms with Gasteiger partial charge in [-0.1, -0.05) is 12.5 Å². The Morgan fingerprint density at radius 2 is 2.00 bits per heavy atom. The molecule has 0 unspecified atom stereocenters. The quantitative estimate of drug-likeness (QED) is 0.893. The second kappa shape index (κ2) is 5.57. The molecule has 2 fully saturated rings. The molecular weight excluding hydrogens is 300 g/mol. The normalized spacial score (nSPS) is 26.9. The van der Waals surface area contributed by atoms with Gasteiger partial charge in [-0.05, 0) is 55.7 Å². The number of benzene rings is 1. The van der Waals surface area contributed by atoms with E-state index in [1.165, 1.54) is 19.3 Å². The maximum absolute atomic E-state index is 12.4. The summed E-state index contributed by atoms with van der Waals surface area (Å²) in [6.07, 6.45) is 5.93. The van der Waals surface area contributed by atoms with Gasteiger partial charge in [0.25, 0.3) is 5.91 Å². The zero-order valence-corrected chi connectivity index (χ0v) is 13.7. The van der Waals surface area contributed by atoms with E-state index in [2.05, 4.69) is 10.0 Å². The second-order valence-electron chi connectivity index (χ2n) is 6.66. The summed E-state index contributed by atoms with van der Waals surface area (Å²) in [5.41, 5.74) is 1.75. The van der Waals surface area contributed by atoms with Crippen LogP contribution in [0.25, 0.3) is 0 Å². The molecule has 2 aliphatic carbocycles. The summed E-state index contributed by atoms with van der Waals surface area (Å²) in [6, 6.07) is 5.40. The largest absolute Gasteiger partial charge is 0.349 e. The average Bonchev–Trinajstić information content (AvgIpc) is 3.02. The summed E-state index contributed by atoms with van der Waals surface area (Å²) in [4.78, 5) is 12.4. The van der Waals surface area contributed by atoms with Crippen molar-refractivity contribution in [3.05, 3.63) is 29.3 Å². The lowest BCUT2D eigenvalue weighted by molar-refractivity contribution is 0.0923. The molecule has 0 aromatic heterocycles. The van der Waals surface area contributed by atoms with E-state index >= 15 is 0 Å². The lowest BCUT2D eigenvalue weighted by Gasteiger charge is -2.23. The number of hydrogen-bond acceptors (Lipinski definition) is 3. The van der Waals surface area contributed by atoms with Crippen LogP contribution in [0.15, 0.2) is 18.2 Å². The Balaban J connectivity index is 1.74. The third kappa shape index (κ3) is 3.27. The highest BCUT2D eigenvalue weighted by Crippen LogP contribution is 2.44. The monoisotopic (exact) mass is 322 g/mol. The van der Waals surface area contributed by atoms with Gasteiger partial charge in [-0.3, -0.25) is 9.52 Å². The van der Waals surface area contributed by atoms with Gasteiger partial charge in [0.15, 0.2) is 0 Å². The van der Waals surface area contributed by atoms with Gasteiger partial charge in [0.1, 0.15) is 0 Å². The Morgan fingerprint density at radius 1 is 1.23 bits per heavy atom. The molecule has 3 rings (SSSR count). The standard InChI is InChI=1S/C16H22N2O3S/c1-10-3-5-13(9-14(10)18-22(2,20)21)16(19)17-15-8-11-4-6-12(15)7-11/h3,5,9,11-12,15,18H,4,6-8H2,1-2H3,(H,17,19)/t11-,12-,15-/m0/s1. The fourth-order valence-electron chi connectivity index (χ4n) is 3.75. The van der Waals surface area contributed by atoms with Crippen LogP contribution in [0.5, 0.6) is 0 Å². The number of nitrogens with one attached hydrogen (secondary N) is 2. The van der Waals surface area contributed by atoms with Gasteiger partial charge in [0.05, 0.1) is 11.9 Å². The molecule has 0 spiro atoms. The predicted octanol–water partition coefficient (Wildman–Crippen LogP) is 2.28. The first-order chi connectivity index (χ1) is 10.3. The Labute approximate surface area is 131 Å². The number of rotatable bonds is 4. The van der Waals surface area contributed by atoms with E-state index < -0.39 is 10.0 Å². The van der Waals surface area contributed by atoms with E-state index in [-0.39, 0.29) is 11.9 Å². The van der Waals surface area contributed by atoms with Crippen LogP contribution in [0.2, 0.25) is 0 Å². The molecule has 1 aromatic carbocycles. The van der Waals surface area contributed by atoms with Crippen molar-refractivity contribution in [1.29, 1.82) is 0 Å². The van der Waals surface area contributed by atoms with E-state index in [0.29, 0.717) is 17.2 Å². The predicted molar refractivity (Wildman–Crippen MR) is 86.3 cm³/mol. The van der Waals surface area contributed by atoms with E-state index in [1.54, 1.807) is 18.2 Å². The van der Waals surface area contributed by atoms with Gasteiger partial charge in [-0.25, -0.2) is 8.42 Å². The highest BCUT2D eigenvalue weighted by Gasteiger charge is 2.40. The number of fused-ring (bicyclic) bond motifs is 2. The first kappa shape index (κ1) is 15.3. The van der Waals surface area contributed by atoms with Crippen LogP contribution in [0.1, 0.15) is 41.6 Å². The van der Waals surface area contributed by atoms with Crippen molar-refractivity contribution in [1.82, 2.24) is 5.32 Å². The first-order valence-electron chi connectivity index (χ1n) is 7.71. The van der Waals surface area contributed by atoms with E-state index in [9.17, 15) is 13.2 Å². The highest BCUT2D eigenvalue weighted by molar-refractivity contribution is 7.92. The molecule has 2 bridgehead atoms. The van der Waals surface area contributed by atoms with Crippen molar-refractivity contribution < 1.29 is 13.2 Å². The molecule has 0 aliphatic heterocycles. The van der Waals surface area contributed by atoms with Crippen LogP contribution in [-0.2, 0) is 10.0 Å². The number of hydrogen-bond donors (Lipinski definition) is 2. The minimum atomic E-state index is -3.35. The molecule has 120 valence electrons. The maximum atomic E-state index is 12.4. The van der Waals surface area contributed by atoms with Gasteiger partial charge in [-0.15, -0.1) is 0 Å². The molecule has 1 amide bonds. The second-order valence-corrected chi connectivity index (χ2v) is 8.41. The van der Waals surface area contributed by atoms with E-state index in [4.69, 9.17) is 0 Å². The van der Waals surface area contributed by atoms with Crippen LogP contribution < -0.4 is 10.0 Å². The van der Waals surface area contributed by atoms with E-state index in [0.717, 1.165) is 24.2 Å². The molecule has 5 nitrogen and oxygen atoms in total. The molecule has 6 heteroatoms. The van der Waals surface area contributed by atoms with Gasteiger partial charge in [-0.2, -0.15) is 0 Å². The van der Waals surface area contributed by atoms with Crippen LogP contribution >= 0.6 is 0 Å². The van der Waals surface area contributed by atoms with Gasteiger partial charge >= 0.3 is 0 Å². The Bertz CT molecular complexity index is 699. The number of carbonyl (C=O) groups is 1. The smallest absolute Gasteiger partial charge is 0.251 e. The summed E-state index contributed by atoms with van der Waals surface area (Å²) in [5, 5.41) is 3.12. The molecule has 22 heavy (non-hydrogen) atoms. The molecule has 0 radical (unpaired) electrons. The number of anilines is 1. The maximum Gasteiger partial charge on any atom is 0.251 e. The van der Waals surface area contributed by atoms with Gasteiger partial charge in [0, 0.05) is 11.6 Å². The molecule has 3 atom stereocenters. The molecule has 2 N–H and O–H groups in total. The lowest BCUT2D eigenvalue weighted by atomic mass is 9.95. The van der Waals surface area contributed by atoms with Crippen molar-refractivity contribution in [3.63, 3.8) is 0 Å². The number of sulfonamides is 1. The van der Waals surface area contributed by atoms with Gasteiger partial charge in [0.2, 0.25) is 10.0 Å². The zero-order valence-electron chi connectivity index (χ0n) is 12.9. The van der Waals surface area contributed by atoms with Crippen LogP contribution in [0, 0.1) is 18.8 Å². The minimum absolute atomic E-state index is 0.117. The highest BCUT2D eigenvalue weighted by atomic mass is 32.2. The Kier molecular flexibility index (Phi) is 3.89. The molecule has 1 aromatic rings. The average molecular weight is 322 g/mol. The van der Waals surface area contributed by atoms with Crippen molar-refractivity contribution in [2.45, 2.75) is 38.6 Å².